The lowest BCUT2D eigenvalue weighted by Crippen LogP contribution is -2.52. The highest BCUT2D eigenvalue weighted by Crippen LogP contribution is 2.20. The number of nitrogens with one attached hydrogen (secondary N) is 2. The summed E-state index contributed by atoms with van der Waals surface area (Å²) in [4.78, 5) is 49.4. The van der Waals surface area contributed by atoms with Crippen LogP contribution >= 0.6 is 11.8 Å². The molecule has 0 saturated carbocycles. The molecule has 36 heavy (non-hydrogen) atoms. The van der Waals surface area contributed by atoms with Gasteiger partial charge in [0.05, 0.1) is 4.90 Å². The van der Waals surface area contributed by atoms with Crippen LogP contribution in [0, 0.1) is 12.8 Å². The van der Waals surface area contributed by atoms with Crippen molar-refractivity contribution in [1.82, 2.24) is 14.9 Å². The molecule has 0 radical (unpaired) electrons. The summed E-state index contributed by atoms with van der Waals surface area (Å²) < 4.78 is 28.3. The van der Waals surface area contributed by atoms with E-state index in [-0.39, 0.29) is 49.6 Å². The SMILES string of the molecule is CSCC[C@H](NS(=O)(=O)c1ccc(C)cc1)C(=O)N1CCC(C(=O)N[C@@H](CCC(=O)O)C(=O)O)CC1. The molecule has 13 heteroatoms. The van der Waals surface area contributed by atoms with Crippen molar-refractivity contribution in [3.8, 4) is 0 Å². The number of aliphatic carboxylic acids is 2. The lowest BCUT2D eigenvalue weighted by Gasteiger charge is -2.34. The van der Waals surface area contributed by atoms with Crippen LogP contribution in [0.5, 0.6) is 0 Å². The van der Waals surface area contributed by atoms with E-state index in [0.717, 1.165) is 5.56 Å². The normalized spacial score (nSPS) is 16.2. The number of thioether (sulfide) groups is 1. The van der Waals surface area contributed by atoms with Gasteiger partial charge < -0.3 is 20.4 Å². The van der Waals surface area contributed by atoms with Gasteiger partial charge in [-0.15, -0.1) is 0 Å². The van der Waals surface area contributed by atoms with Gasteiger partial charge >= 0.3 is 11.9 Å². The van der Waals surface area contributed by atoms with Crippen LogP contribution in [0.15, 0.2) is 29.2 Å². The summed E-state index contributed by atoms with van der Waals surface area (Å²) >= 11 is 1.49. The Balaban J connectivity index is 2.00. The van der Waals surface area contributed by atoms with Crippen molar-refractivity contribution in [3.05, 3.63) is 29.8 Å². The van der Waals surface area contributed by atoms with Gasteiger partial charge in [-0.3, -0.25) is 14.4 Å². The number of hydrogen-bond acceptors (Lipinski definition) is 7. The van der Waals surface area contributed by atoms with Gasteiger partial charge in [-0.05, 0) is 56.7 Å². The highest BCUT2D eigenvalue weighted by atomic mass is 32.2. The van der Waals surface area contributed by atoms with Crippen LogP contribution in [0.3, 0.4) is 0 Å². The van der Waals surface area contributed by atoms with Crippen LogP contribution in [-0.4, -0.2) is 84.5 Å². The largest absolute Gasteiger partial charge is 0.481 e. The Labute approximate surface area is 215 Å². The van der Waals surface area contributed by atoms with E-state index >= 15 is 0 Å². The van der Waals surface area contributed by atoms with Gasteiger partial charge in [-0.1, -0.05) is 17.7 Å². The topological polar surface area (TPSA) is 170 Å². The van der Waals surface area contributed by atoms with Crippen LogP contribution in [-0.2, 0) is 29.2 Å². The number of carboxylic acid groups (broad SMARTS) is 2. The van der Waals surface area contributed by atoms with E-state index in [4.69, 9.17) is 5.11 Å². The summed E-state index contributed by atoms with van der Waals surface area (Å²) in [5.74, 6) is -3.30. The monoisotopic (exact) mass is 543 g/mol. The molecule has 1 aliphatic rings. The second-order valence-electron chi connectivity index (χ2n) is 8.70. The molecule has 11 nitrogen and oxygen atoms in total. The number of piperidine rings is 1. The molecule has 2 rings (SSSR count). The average molecular weight is 544 g/mol. The van der Waals surface area contributed by atoms with Crippen molar-refractivity contribution >= 4 is 45.5 Å². The predicted octanol–water partition coefficient (Wildman–Crippen LogP) is 1.07. The average Bonchev–Trinajstić information content (AvgIpc) is 2.83. The van der Waals surface area contributed by atoms with Gasteiger partial charge in [0.15, 0.2) is 0 Å². The fourth-order valence-electron chi connectivity index (χ4n) is 3.84. The van der Waals surface area contributed by atoms with Crippen LogP contribution in [0.2, 0.25) is 0 Å². The molecule has 0 unspecified atom stereocenters. The first kappa shape index (κ1) is 29.6. The van der Waals surface area contributed by atoms with Gasteiger partial charge in [0.2, 0.25) is 21.8 Å². The zero-order valence-corrected chi connectivity index (χ0v) is 21.9. The number of nitrogens with zero attached hydrogens (tertiary/aromatic N) is 1. The minimum atomic E-state index is -3.92. The number of carbonyl (C=O) groups excluding carboxylic acids is 2. The molecular weight excluding hydrogens is 510 g/mol. The maximum absolute atomic E-state index is 13.2. The summed E-state index contributed by atoms with van der Waals surface area (Å²) in [6, 6.07) is 4.07. The molecule has 200 valence electrons. The summed E-state index contributed by atoms with van der Waals surface area (Å²) in [5.41, 5.74) is 0.910. The Morgan fingerprint density at radius 2 is 1.67 bits per heavy atom. The van der Waals surface area contributed by atoms with E-state index in [0.29, 0.717) is 12.2 Å². The molecule has 2 atom stereocenters. The molecule has 0 aliphatic carbocycles. The Kier molecular flexibility index (Phi) is 11.2. The first-order chi connectivity index (χ1) is 16.9. The minimum Gasteiger partial charge on any atom is -0.481 e. The Bertz CT molecular complexity index is 1040. The molecule has 1 heterocycles. The number of aryl methyl sites for hydroxylation is 1. The molecule has 1 saturated heterocycles. The van der Waals surface area contributed by atoms with Crippen molar-refractivity contribution in [2.45, 2.75) is 56.0 Å². The summed E-state index contributed by atoms with van der Waals surface area (Å²) in [5, 5.41) is 20.4. The fraction of sp³-hybridized carbons (Fsp3) is 0.565. The van der Waals surface area contributed by atoms with Gasteiger partial charge in [0, 0.05) is 25.4 Å². The van der Waals surface area contributed by atoms with Crippen LogP contribution in [0.1, 0.15) is 37.7 Å². The fourth-order valence-corrected chi connectivity index (χ4v) is 5.53. The smallest absolute Gasteiger partial charge is 0.326 e. The van der Waals surface area contributed by atoms with Gasteiger partial charge in [0.25, 0.3) is 0 Å². The van der Waals surface area contributed by atoms with E-state index in [1.807, 2.05) is 13.2 Å². The number of carbonyl (C=O) groups is 4. The Morgan fingerprint density at radius 3 is 2.19 bits per heavy atom. The summed E-state index contributed by atoms with van der Waals surface area (Å²) in [7, 11) is -3.92. The van der Waals surface area contributed by atoms with Crippen molar-refractivity contribution in [1.29, 1.82) is 0 Å². The maximum atomic E-state index is 13.2. The number of carboxylic acids is 2. The molecule has 4 N–H and O–H groups in total. The number of hydrogen-bond donors (Lipinski definition) is 4. The maximum Gasteiger partial charge on any atom is 0.326 e. The highest BCUT2D eigenvalue weighted by molar-refractivity contribution is 7.98. The van der Waals surface area contributed by atoms with Crippen molar-refractivity contribution in [2.75, 3.05) is 25.1 Å². The zero-order chi connectivity index (χ0) is 26.9. The number of likely N-dealkylation sites (tertiary alicyclic amines) is 1. The van der Waals surface area contributed by atoms with Crippen LogP contribution < -0.4 is 10.0 Å². The minimum absolute atomic E-state index is 0.0707. The standard InChI is InChI=1S/C23H33N3O8S2/c1-15-3-5-17(6-4-15)36(33,34)25-18(11-14-35-2)22(30)26-12-9-16(10-13-26)21(29)24-19(23(31)32)7-8-20(27)28/h3-6,16,18-19,25H,7-14H2,1-2H3,(H,24,29)(H,27,28)(H,31,32)/t18-,19-/m0/s1. The Morgan fingerprint density at radius 1 is 1.06 bits per heavy atom. The molecule has 2 amide bonds. The molecule has 1 fully saturated rings. The Hall–Kier alpha value is -2.64. The lowest BCUT2D eigenvalue weighted by molar-refractivity contribution is -0.144. The second kappa shape index (κ2) is 13.6. The summed E-state index contributed by atoms with van der Waals surface area (Å²) in [6.07, 6.45) is 2.11. The molecule has 1 aliphatic heterocycles. The third-order valence-corrected chi connectivity index (χ3v) is 8.11. The number of benzene rings is 1. The zero-order valence-electron chi connectivity index (χ0n) is 20.3. The molecule has 1 aromatic carbocycles. The van der Waals surface area contributed by atoms with E-state index in [1.54, 1.807) is 12.1 Å². The molecule has 0 bridgehead atoms. The first-order valence-corrected chi connectivity index (χ1v) is 14.4. The number of rotatable bonds is 13. The number of sulfonamides is 1. The van der Waals surface area contributed by atoms with Gasteiger partial charge in [-0.25, -0.2) is 13.2 Å². The van der Waals surface area contributed by atoms with E-state index in [1.165, 1.54) is 28.8 Å². The van der Waals surface area contributed by atoms with E-state index in [2.05, 4.69) is 10.0 Å². The summed E-state index contributed by atoms with van der Waals surface area (Å²) in [6.45, 7) is 2.27. The van der Waals surface area contributed by atoms with E-state index in [9.17, 15) is 32.7 Å². The molecule has 0 spiro atoms. The van der Waals surface area contributed by atoms with Crippen LogP contribution in [0.4, 0.5) is 0 Å². The highest BCUT2D eigenvalue weighted by Gasteiger charge is 2.34. The van der Waals surface area contributed by atoms with Gasteiger partial charge in [0.1, 0.15) is 12.1 Å². The van der Waals surface area contributed by atoms with E-state index < -0.39 is 45.9 Å². The quantitative estimate of drug-likeness (QED) is 0.284. The van der Waals surface area contributed by atoms with Gasteiger partial charge in [-0.2, -0.15) is 16.5 Å². The second-order valence-corrected chi connectivity index (χ2v) is 11.4. The van der Waals surface area contributed by atoms with Crippen molar-refractivity contribution < 1.29 is 37.8 Å². The molecular formula is C23H33N3O8S2. The van der Waals surface area contributed by atoms with Crippen molar-refractivity contribution in [3.63, 3.8) is 0 Å². The third kappa shape index (κ3) is 8.79. The molecule has 0 aromatic heterocycles. The first-order valence-electron chi connectivity index (χ1n) is 11.6. The molecule has 1 aromatic rings. The van der Waals surface area contributed by atoms with Crippen LogP contribution in [0.25, 0.3) is 0 Å². The van der Waals surface area contributed by atoms with Crippen molar-refractivity contribution in [2.24, 2.45) is 5.92 Å². The number of amides is 2. The predicted molar refractivity (Wildman–Crippen MR) is 134 cm³/mol. The lowest BCUT2D eigenvalue weighted by atomic mass is 9.94. The third-order valence-electron chi connectivity index (χ3n) is 5.98.